The van der Waals surface area contributed by atoms with Crippen molar-refractivity contribution in [3.05, 3.63) is 24.3 Å². The van der Waals surface area contributed by atoms with Crippen LogP contribution in [0.15, 0.2) is 24.3 Å². The molecule has 6 saturated heterocycles. The highest BCUT2D eigenvalue weighted by atomic mass is 16.8. The van der Waals surface area contributed by atoms with Gasteiger partial charge in [0.2, 0.25) is 17.7 Å². The Morgan fingerprint density at radius 1 is 0.400 bits per heavy atom. The van der Waals surface area contributed by atoms with E-state index in [9.17, 15) is 136 Å². The summed E-state index contributed by atoms with van der Waals surface area (Å²) in [6.07, 6.45) is -25.2. The SMILES string of the molecule is CCCCCCCC/C=C\CCCCCCCCCCCCCC(=O)N[C@@H](CO[C@@H]1OC(CO)[C@@H](O[C@@H]2OC(CO)[C@H](O[C@@H]3OC(CO)[C@H](O)[C@H](O[C@@H]4OC(CO)[C@H](O)[C@H](O[C@]5(C(=O)O)CC(O)[C@@H](O)C([C@H](O)[C@H](O)CO)O5)C4O)C3NC(C)=O)[C@H](O[C@]3(C(=O)O)CC(O)[C@@H](NC(C)=O)C([C@H](O)[C@H](O)CO)O3)C2O)[C@H](O)C1O)[C@H](O)/C=C/CCCCCCCCCCCCC. The van der Waals surface area contributed by atoms with E-state index in [1.807, 2.05) is 0 Å². The van der Waals surface area contributed by atoms with Crippen LogP contribution in [-0.2, 0) is 80.8 Å². The Labute approximate surface area is 759 Å². The number of carbonyl (C=O) groups is 5. The van der Waals surface area contributed by atoms with Gasteiger partial charge < -0.3 is 185 Å². The number of carboxylic acid groups (broad SMARTS) is 2. The molecule has 756 valence electrons. The molecule has 0 aromatic rings. The van der Waals surface area contributed by atoms with Gasteiger partial charge in [-0.05, 0) is 44.9 Å². The molecule has 0 radical (unpaired) electrons. The van der Waals surface area contributed by atoms with Crippen molar-refractivity contribution in [2.24, 2.45) is 0 Å². The van der Waals surface area contributed by atoms with Crippen LogP contribution in [0.5, 0.6) is 0 Å². The molecule has 12 unspecified atom stereocenters. The summed E-state index contributed by atoms with van der Waals surface area (Å²) < 4.78 is 72.0. The van der Waals surface area contributed by atoms with Gasteiger partial charge >= 0.3 is 11.9 Å². The number of aliphatic carboxylic acids is 2. The first-order chi connectivity index (χ1) is 62.2. The monoisotopic (exact) mass is 1880 g/mol. The van der Waals surface area contributed by atoms with E-state index in [0.717, 1.165) is 97.3 Å². The van der Waals surface area contributed by atoms with E-state index in [4.69, 9.17) is 56.8 Å². The fourth-order valence-corrected chi connectivity index (χ4v) is 17.2. The predicted octanol–water partition coefficient (Wildman–Crippen LogP) is -1.90. The molecule has 6 aliphatic rings. The van der Waals surface area contributed by atoms with Gasteiger partial charge in [-0.25, -0.2) is 9.59 Å². The molecule has 0 aromatic carbocycles. The molecule has 130 heavy (non-hydrogen) atoms. The van der Waals surface area contributed by atoms with Crippen LogP contribution in [0.1, 0.15) is 246 Å². The Morgan fingerprint density at radius 3 is 1.26 bits per heavy atom. The van der Waals surface area contributed by atoms with Gasteiger partial charge in [0.05, 0.1) is 76.6 Å². The summed E-state index contributed by atoms with van der Waals surface area (Å²) in [4.78, 5) is 67.1. The highest BCUT2D eigenvalue weighted by molar-refractivity contribution is 5.77. The van der Waals surface area contributed by atoms with Crippen LogP contribution in [0, 0.1) is 0 Å². The van der Waals surface area contributed by atoms with E-state index in [-0.39, 0.29) is 6.42 Å². The zero-order valence-corrected chi connectivity index (χ0v) is 75.6. The Morgan fingerprint density at radius 2 is 0.785 bits per heavy atom. The molecule has 34 atom stereocenters. The zero-order valence-electron chi connectivity index (χ0n) is 75.6. The van der Waals surface area contributed by atoms with Gasteiger partial charge in [0.25, 0.3) is 11.6 Å². The van der Waals surface area contributed by atoms with E-state index < -0.39 is 296 Å². The lowest BCUT2D eigenvalue weighted by molar-refractivity contribution is -0.405. The minimum absolute atomic E-state index is 0.0935. The number of hydrogen-bond donors (Lipinski definition) is 25. The molecule has 6 rings (SSSR count). The van der Waals surface area contributed by atoms with Crippen LogP contribution in [0.4, 0.5) is 0 Å². The third kappa shape index (κ3) is 34.3. The molecule has 25 N–H and O–H groups in total. The van der Waals surface area contributed by atoms with Crippen LogP contribution in [0.2, 0.25) is 0 Å². The van der Waals surface area contributed by atoms with Crippen molar-refractivity contribution in [3.8, 4) is 0 Å². The molecule has 6 fully saturated rings. The number of carbonyl (C=O) groups excluding carboxylic acids is 3. The van der Waals surface area contributed by atoms with Gasteiger partial charge in [-0.1, -0.05) is 192 Å². The van der Waals surface area contributed by atoms with E-state index in [2.05, 4.69) is 41.9 Å². The van der Waals surface area contributed by atoms with Crippen molar-refractivity contribution in [2.75, 3.05) is 46.2 Å². The second-order valence-electron chi connectivity index (χ2n) is 35.3. The van der Waals surface area contributed by atoms with Crippen molar-refractivity contribution >= 4 is 29.7 Å². The third-order valence-electron chi connectivity index (χ3n) is 24.8. The average Bonchev–Trinajstić information content (AvgIpc) is 0.760. The number of rotatable bonds is 63. The van der Waals surface area contributed by atoms with Gasteiger partial charge in [-0.15, -0.1) is 0 Å². The molecular formula is C88H155N3O39. The standard InChI is InChI=1S/C88H155N3O39/c1-5-7-9-11-13-15-17-19-20-21-22-23-24-25-26-28-30-32-34-36-38-40-62(105)91-52(53(100)39-37-35-33-31-29-27-18-16-14-12-10-8-6-2)49-119-82-71(112)70(111)74(60(47-96)122-82)124-84-73(114)80(130-87(85(115)116)41-54(101)63(89-50(3)98)77(127-87)66(107)56(103)43-92)75(61(48-97)123-84)125-81-64(90-51(4)99)76(68(109)58(45-94)120-81)126-83-72(113)79(69(110)59(46-95)121-83)129-88(86(117)118)42-55(102)65(106)78(128-88)67(108)57(104)44-93/h19-20,37,39,52-61,63-84,92-97,100-104,106-114H,5-18,21-36,38,40-49H2,1-4H3,(H,89,98)(H,90,99)(H,91,105)(H,115,116)(H,117,118)/b20-19-,39-37+/t52-,53+,54?,55?,56+,57+,58?,59?,60?,61?,63+,64?,65+,66+,67+,68-,69-,70+,71?,72?,73?,74+,75-,76+,77?,78?,79-,80+,81-,82+,83-,84-,87-,88-/m0/s1. The molecule has 42 heteroatoms. The molecule has 0 spiro atoms. The normalized spacial score (nSPS) is 34.7. The average molecular weight is 1880 g/mol. The number of hydrogen-bond acceptors (Lipinski definition) is 37. The first-order valence-electron chi connectivity index (χ1n) is 46.9. The van der Waals surface area contributed by atoms with Gasteiger partial charge in [-0.2, -0.15) is 0 Å². The number of aliphatic hydroxyl groups excluding tert-OH is 20. The molecular weight excluding hydrogens is 1720 g/mol. The number of carboxylic acids is 2. The summed E-state index contributed by atoms with van der Waals surface area (Å²) in [5.41, 5.74) is 0. The van der Waals surface area contributed by atoms with E-state index >= 15 is 0 Å². The number of ether oxygens (including phenoxy) is 12. The second kappa shape index (κ2) is 59.6. The Hall–Kier alpha value is -4.45. The number of unbranched alkanes of at least 4 members (excludes halogenated alkanes) is 28. The maximum atomic E-state index is 14.0. The summed E-state index contributed by atoms with van der Waals surface area (Å²) in [5.74, 6) is -13.6. The smallest absolute Gasteiger partial charge is 0.364 e. The first-order valence-corrected chi connectivity index (χ1v) is 46.9. The Balaban J connectivity index is 1.25. The molecule has 0 aromatic heterocycles. The lowest BCUT2D eigenvalue weighted by Crippen LogP contribution is -2.72. The quantitative estimate of drug-likeness (QED) is 0.0234. The van der Waals surface area contributed by atoms with Gasteiger partial charge in [0, 0.05) is 33.1 Å². The molecule has 6 heterocycles. The van der Waals surface area contributed by atoms with E-state index in [0.29, 0.717) is 12.8 Å². The number of amides is 3. The lowest BCUT2D eigenvalue weighted by Gasteiger charge is -2.53. The maximum Gasteiger partial charge on any atom is 0.364 e. The fourth-order valence-electron chi connectivity index (χ4n) is 17.2. The first kappa shape index (κ1) is 114. The second-order valence-corrected chi connectivity index (χ2v) is 35.3. The topological polar surface area (TPSA) is 677 Å². The van der Waals surface area contributed by atoms with Gasteiger partial charge in [0.1, 0.15) is 140 Å². The van der Waals surface area contributed by atoms with Crippen LogP contribution in [0.3, 0.4) is 0 Å². The predicted molar refractivity (Wildman–Crippen MR) is 456 cm³/mol. The lowest BCUT2D eigenvalue weighted by atomic mass is 9.88. The van der Waals surface area contributed by atoms with Crippen molar-refractivity contribution in [1.82, 2.24) is 16.0 Å². The molecule has 0 saturated carbocycles. The van der Waals surface area contributed by atoms with Crippen LogP contribution < -0.4 is 16.0 Å². The summed E-state index contributed by atoms with van der Waals surface area (Å²) >= 11 is 0. The minimum atomic E-state index is -3.50. The largest absolute Gasteiger partial charge is 0.477 e. The Kier molecular flexibility index (Phi) is 52.4. The van der Waals surface area contributed by atoms with Gasteiger partial charge in [-0.3, -0.25) is 14.4 Å². The van der Waals surface area contributed by atoms with Crippen molar-refractivity contribution in [2.45, 2.75) is 453 Å². The van der Waals surface area contributed by atoms with Crippen molar-refractivity contribution < 1.29 is 193 Å². The highest BCUT2D eigenvalue weighted by Crippen LogP contribution is 2.43. The minimum Gasteiger partial charge on any atom is -0.477 e. The molecule has 6 aliphatic heterocycles. The zero-order chi connectivity index (χ0) is 95.8. The van der Waals surface area contributed by atoms with Crippen molar-refractivity contribution in [1.29, 1.82) is 0 Å². The van der Waals surface area contributed by atoms with Crippen molar-refractivity contribution in [3.63, 3.8) is 0 Å². The number of allylic oxidation sites excluding steroid dienone is 3. The summed E-state index contributed by atoms with van der Waals surface area (Å²) in [5, 5.41) is 254. The molecule has 0 aliphatic carbocycles. The summed E-state index contributed by atoms with van der Waals surface area (Å²) in [6.45, 7) is -1.75. The summed E-state index contributed by atoms with van der Waals surface area (Å²) in [6, 6.07) is -5.18. The fraction of sp³-hybridized carbons (Fsp3) is 0.898. The molecule has 42 nitrogen and oxygen atoms in total. The maximum absolute atomic E-state index is 14.0. The van der Waals surface area contributed by atoms with E-state index in [1.54, 1.807) is 6.08 Å². The van der Waals surface area contributed by atoms with Crippen LogP contribution >= 0.6 is 0 Å². The summed E-state index contributed by atoms with van der Waals surface area (Å²) in [7, 11) is 0. The van der Waals surface area contributed by atoms with E-state index in [1.165, 1.54) is 109 Å². The Bertz CT molecular complexity index is 3230. The molecule has 3 amide bonds. The van der Waals surface area contributed by atoms with Crippen LogP contribution in [-0.4, -0.2) is 396 Å². The number of aliphatic hydroxyl groups is 20. The molecule has 0 bridgehead atoms. The third-order valence-corrected chi connectivity index (χ3v) is 24.8. The van der Waals surface area contributed by atoms with Crippen LogP contribution in [0.25, 0.3) is 0 Å². The number of nitrogens with one attached hydrogen (secondary N) is 3. The van der Waals surface area contributed by atoms with Gasteiger partial charge in [0.15, 0.2) is 25.2 Å². The highest BCUT2D eigenvalue weighted by Gasteiger charge is 2.64.